The van der Waals surface area contributed by atoms with Gasteiger partial charge in [0.25, 0.3) is 11.8 Å². The molecule has 0 spiro atoms. The number of aryl methyl sites for hydroxylation is 1. The van der Waals surface area contributed by atoms with Crippen molar-refractivity contribution in [3.63, 3.8) is 0 Å². The molecule has 0 radical (unpaired) electrons. The Bertz CT molecular complexity index is 1050. The van der Waals surface area contributed by atoms with Gasteiger partial charge in [0, 0.05) is 29.6 Å². The summed E-state index contributed by atoms with van der Waals surface area (Å²) in [5, 5.41) is 4.81. The molecule has 1 aliphatic heterocycles. The van der Waals surface area contributed by atoms with Crippen LogP contribution in [0, 0.1) is 6.92 Å². The summed E-state index contributed by atoms with van der Waals surface area (Å²) in [4.78, 5) is 19.1. The van der Waals surface area contributed by atoms with Crippen molar-refractivity contribution in [3.8, 4) is 23.0 Å². The first-order chi connectivity index (χ1) is 15.0. The van der Waals surface area contributed by atoms with Crippen LogP contribution in [0.15, 0.2) is 47.0 Å². The number of hydrogen-bond acceptors (Lipinski definition) is 6. The summed E-state index contributed by atoms with van der Waals surface area (Å²) >= 11 is 5.97. The van der Waals surface area contributed by atoms with Crippen LogP contribution in [0.1, 0.15) is 30.1 Å². The molecule has 1 amide bonds. The van der Waals surface area contributed by atoms with Gasteiger partial charge in [0.15, 0.2) is 12.4 Å². The van der Waals surface area contributed by atoms with Gasteiger partial charge in [-0.2, -0.15) is 4.98 Å². The Balaban J connectivity index is 1.37. The lowest BCUT2D eigenvalue weighted by molar-refractivity contribution is -0.134. The lowest BCUT2D eigenvalue weighted by atomic mass is 9.97. The van der Waals surface area contributed by atoms with Gasteiger partial charge in [-0.25, -0.2) is 0 Å². The molecule has 8 heteroatoms. The molecule has 0 bridgehead atoms. The standard InChI is InChI=1S/C23H24ClN3O4/c1-15-12-18(24)7-10-20(15)30-14-21(28)27-11-3-4-17(13-27)22-25-23(31-26-22)16-5-8-19(29-2)9-6-16/h5-10,12,17H,3-4,11,13-14H2,1-2H3. The average molecular weight is 442 g/mol. The molecule has 7 nitrogen and oxygen atoms in total. The van der Waals surface area contributed by atoms with E-state index in [2.05, 4.69) is 10.1 Å². The average Bonchev–Trinajstić information content (AvgIpc) is 3.29. The second-order valence-electron chi connectivity index (χ2n) is 7.56. The Morgan fingerprint density at radius 1 is 1.26 bits per heavy atom. The van der Waals surface area contributed by atoms with Gasteiger partial charge in [-0.05, 0) is 67.8 Å². The second kappa shape index (κ2) is 9.39. The number of likely N-dealkylation sites (tertiary alicyclic amines) is 1. The summed E-state index contributed by atoms with van der Waals surface area (Å²) in [5.41, 5.74) is 1.73. The van der Waals surface area contributed by atoms with Crippen molar-refractivity contribution >= 4 is 17.5 Å². The smallest absolute Gasteiger partial charge is 0.260 e. The third-order valence-corrected chi connectivity index (χ3v) is 5.64. The van der Waals surface area contributed by atoms with Crippen molar-refractivity contribution in [1.82, 2.24) is 15.0 Å². The maximum Gasteiger partial charge on any atom is 0.260 e. The molecule has 31 heavy (non-hydrogen) atoms. The third kappa shape index (κ3) is 4.99. The monoisotopic (exact) mass is 441 g/mol. The van der Waals surface area contributed by atoms with Crippen LogP contribution < -0.4 is 9.47 Å². The van der Waals surface area contributed by atoms with Crippen LogP contribution in [-0.2, 0) is 4.79 Å². The Hall–Kier alpha value is -3.06. The Labute approximate surface area is 185 Å². The van der Waals surface area contributed by atoms with E-state index in [1.165, 1.54) is 0 Å². The zero-order chi connectivity index (χ0) is 21.8. The summed E-state index contributed by atoms with van der Waals surface area (Å²) < 4.78 is 16.4. The topological polar surface area (TPSA) is 77.7 Å². The number of methoxy groups -OCH3 is 1. The number of rotatable bonds is 6. The maximum atomic E-state index is 12.7. The minimum absolute atomic E-state index is 0.0153. The molecular formula is C23H24ClN3O4. The summed E-state index contributed by atoms with van der Waals surface area (Å²) in [5.74, 6) is 2.48. The number of halogens is 1. The normalized spacial score (nSPS) is 16.2. The second-order valence-corrected chi connectivity index (χ2v) is 8.00. The van der Waals surface area contributed by atoms with E-state index in [0.717, 1.165) is 29.7 Å². The highest BCUT2D eigenvalue weighted by Crippen LogP contribution is 2.28. The van der Waals surface area contributed by atoms with Gasteiger partial charge in [0.2, 0.25) is 0 Å². The fourth-order valence-electron chi connectivity index (χ4n) is 3.67. The molecule has 1 aromatic heterocycles. The SMILES string of the molecule is COc1ccc(-c2nc(C3CCCN(C(=O)COc4ccc(Cl)cc4C)C3)no2)cc1. The van der Waals surface area contributed by atoms with Gasteiger partial charge in [0.1, 0.15) is 11.5 Å². The third-order valence-electron chi connectivity index (χ3n) is 5.41. The van der Waals surface area contributed by atoms with E-state index in [0.29, 0.717) is 35.6 Å². The predicted molar refractivity (Wildman–Crippen MR) is 117 cm³/mol. The summed E-state index contributed by atoms with van der Waals surface area (Å²) in [6.07, 6.45) is 1.78. The fourth-order valence-corrected chi connectivity index (χ4v) is 3.90. The van der Waals surface area contributed by atoms with Gasteiger partial charge in [-0.15, -0.1) is 0 Å². The van der Waals surface area contributed by atoms with Crippen molar-refractivity contribution in [1.29, 1.82) is 0 Å². The van der Waals surface area contributed by atoms with Crippen LogP contribution in [0.4, 0.5) is 0 Å². The van der Waals surface area contributed by atoms with Crippen LogP contribution in [0.25, 0.3) is 11.5 Å². The molecule has 0 saturated carbocycles. The van der Waals surface area contributed by atoms with Crippen LogP contribution in [-0.4, -0.2) is 47.8 Å². The fraction of sp³-hybridized carbons (Fsp3) is 0.348. The molecule has 0 N–H and O–H groups in total. The molecule has 1 unspecified atom stereocenters. The lowest BCUT2D eigenvalue weighted by Crippen LogP contribution is -2.41. The van der Waals surface area contributed by atoms with E-state index in [4.69, 9.17) is 25.6 Å². The number of carbonyl (C=O) groups is 1. The number of nitrogens with zero attached hydrogens (tertiary/aromatic N) is 3. The van der Waals surface area contributed by atoms with Gasteiger partial charge < -0.3 is 18.9 Å². The number of carbonyl (C=O) groups excluding carboxylic acids is 1. The van der Waals surface area contributed by atoms with Crippen molar-refractivity contribution in [2.45, 2.75) is 25.7 Å². The number of amides is 1. The summed E-state index contributed by atoms with van der Waals surface area (Å²) in [6, 6.07) is 12.8. The molecule has 0 aliphatic carbocycles. The summed E-state index contributed by atoms with van der Waals surface area (Å²) in [6.45, 7) is 3.13. The van der Waals surface area contributed by atoms with Crippen LogP contribution in [0.3, 0.4) is 0 Å². The number of aromatic nitrogens is 2. The minimum atomic E-state index is -0.0575. The highest BCUT2D eigenvalue weighted by Gasteiger charge is 2.28. The first-order valence-electron chi connectivity index (χ1n) is 10.2. The van der Waals surface area contributed by atoms with Gasteiger partial charge in [-0.3, -0.25) is 4.79 Å². The van der Waals surface area contributed by atoms with Crippen molar-refractivity contribution in [2.24, 2.45) is 0 Å². The first-order valence-corrected chi connectivity index (χ1v) is 10.6. The van der Waals surface area contributed by atoms with Crippen LogP contribution >= 0.6 is 11.6 Å². The number of hydrogen-bond donors (Lipinski definition) is 0. The Kier molecular flexibility index (Phi) is 6.42. The molecular weight excluding hydrogens is 418 g/mol. The number of benzene rings is 2. The zero-order valence-corrected chi connectivity index (χ0v) is 18.3. The largest absolute Gasteiger partial charge is 0.497 e. The minimum Gasteiger partial charge on any atom is -0.497 e. The van der Waals surface area contributed by atoms with E-state index >= 15 is 0 Å². The Morgan fingerprint density at radius 2 is 2.06 bits per heavy atom. The quantitative estimate of drug-likeness (QED) is 0.560. The molecule has 2 heterocycles. The molecule has 162 valence electrons. The van der Waals surface area contributed by atoms with Crippen molar-refractivity contribution < 1.29 is 18.8 Å². The first kappa shape index (κ1) is 21.2. The molecule has 1 saturated heterocycles. The van der Waals surface area contributed by atoms with E-state index in [1.807, 2.05) is 42.2 Å². The van der Waals surface area contributed by atoms with E-state index < -0.39 is 0 Å². The molecule has 4 rings (SSSR count). The molecule has 3 aromatic rings. The highest BCUT2D eigenvalue weighted by atomic mass is 35.5. The Morgan fingerprint density at radius 3 is 2.81 bits per heavy atom. The highest BCUT2D eigenvalue weighted by molar-refractivity contribution is 6.30. The molecule has 1 atom stereocenters. The van der Waals surface area contributed by atoms with E-state index in [-0.39, 0.29) is 18.4 Å². The van der Waals surface area contributed by atoms with E-state index in [1.54, 1.807) is 19.2 Å². The van der Waals surface area contributed by atoms with Gasteiger partial charge in [-0.1, -0.05) is 16.8 Å². The molecule has 1 fully saturated rings. The van der Waals surface area contributed by atoms with E-state index in [9.17, 15) is 4.79 Å². The summed E-state index contributed by atoms with van der Waals surface area (Å²) in [7, 11) is 1.62. The number of piperidine rings is 1. The van der Waals surface area contributed by atoms with Crippen molar-refractivity contribution in [3.05, 3.63) is 58.9 Å². The maximum absolute atomic E-state index is 12.7. The predicted octanol–water partition coefficient (Wildman–Crippen LogP) is 4.49. The molecule has 2 aromatic carbocycles. The van der Waals surface area contributed by atoms with Gasteiger partial charge >= 0.3 is 0 Å². The van der Waals surface area contributed by atoms with Gasteiger partial charge in [0.05, 0.1) is 7.11 Å². The zero-order valence-electron chi connectivity index (χ0n) is 17.5. The van der Waals surface area contributed by atoms with Crippen molar-refractivity contribution in [2.75, 3.05) is 26.8 Å². The number of ether oxygens (including phenoxy) is 2. The lowest BCUT2D eigenvalue weighted by Gasteiger charge is -2.31. The van der Waals surface area contributed by atoms with Crippen LogP contribution in [0.2, 0.25) is 5.02 Å². The molecule has 1 aliphatic rings. The van der Waals surface area contributed by atoms with Crippen LogP contribution in [0.5, 0.6) is 11.5 Å².